The largest absolute Gasteiger partial charge is 0.475 e. The second-order valence-electron chi connectivity index (χ2n) is 8.09. The SMILES string of the molecule is CCC(NC(=O)C(c1ccccc1)N1CCCC(NC(=O)OC)(C(C)C)C1=O)B(O)O. The van der Waals surface area contributed by atoms with E-state index in [2.05, 4.69) is 10.6 Å². The number of nitrogens with zero attached hydrogens (tertiary/aromatic N) is 1. The molecule has 0 radical (unpaired) electrons. The number of alkyl carbamates (subject to hydrolysis) is 1. The van der Waals surface area contributed by atoms with Crippen LogP contribution in [0.25, 0.3) is 0 Å². The zero-order valence-electron chi connectivity index (χ0n) is 18.5. The molecular formula is C21H32BN3O6. The fraction of sp³-hybridized carbons (Fsp3) is 0.571. The molecule has 31 heavy (non-hydrogen) atoms. The van der Waals surface area contributed by atoms with Gasteiger partial charge in [0.1, 0.15) is 11.6 Å². The van der Waals surface area contributed by atoms with Crippen LogP contribution in [0, 0.1) is 5.92 Å². The van der Waals surface area contributed by atoms with E-state index in [1.165, 1.54) is 12.0 Å². The number of piperidine rings is 1. The van der Waals surface area contributed by atoms with Crippen molar-refractivity contribution in [2.45, 2.75) is 57.6 Å². The number of hydrogen-bond acceptors (Lipinski definition) is 6. The predicted molar refractivity (Wildman–Crippen MR) is 116 cm³/mol. The Labute approximate surface area is 183 Å². The highest BCUT2D eigenvalue weighted by Gasteiger charge is 2.50. The molecule has 1 aliphatic heterocycles. The summed E-state index contributed by atoms with van der Waals surface area (Å²) in [5.74, 6) is -2.01. The van der Waals surface area contributed by atoms with Gasteiger partial charge in [0.05, 0.1) is 13.1 Å². The van der Waals surface area contributed by atoms with Crippen LogP contribution < -0.4 is 10.6 Å². The molecule has 0 spiro atoms. The molecule has 4 N–H and O–H groups in total. The van der Waals surface area contributed by atoms with Crippen molar-refractivity contribution in [3.8, 4) is 0 Å². The molecule has 1 fully saturated rings. The van der Waals surface area contributed by atoms with E-state index in [9.17, 15) is 24.4 Å². The van der Waals surface area contributed by atoms with Gasteiger partial charge in [-0.2, -0.15) is 0 Å². The molecule has 170 valence electrons. The fourth-order valence-electron chi connectivity index (χ4n) is 4.03. The number of methoxy groups -OCH3 is 1. The molecule has 0 aromatic heterocycles. The van der Waals surface area contributed by atoms with Crippen molar-refractivity contribution in [3.63, 3.8) is 0 Å². The van der Waals surface area contributed by atoms with Crippen molar-refractivity contribution >= 4 is 25.0 Å². The molecular weight excluding hydrogens is 401 g/mol. The normalized spacial score (nSPS) is 20.7. The van der Waals surface area contributed by atoms with Gasteiger partial charge in [-0.1, -0.05) is 51.1 Å². The summed E-state index contributed by atoms with van der Waals surface area (Å²) in [5, 5.41) is 24.5. The van der Waals surface area contributed by atoms with Gasteiger partial charge in [0.25, 0.3) is 0 Å². The summed E-state index contributed by atoms with van der Waals surface area (Å²) >= 11 is 0. The third-order valence-electron chi connectivity index (χ3n) is 5.91. The summed E-state index contributed by atoms with van der Waals surface area (Å²) in [5.41, 5.74) is -0.618. The molecule has 1 aliphatic rings. The number of nitrogens with one attached hydrogen (secondary N) is 2. The quantitative estimate of drug-likeness (QED) is 0.453. The summed E-state index contributed by atoms with van der Waals surface area (Å²) < 4.78 is 4.74. The Bertz CT molecular complexity index is 776. The molecule has 0 aliphatic carbocycles. The summed E-state index contributed by atoms with van der Waals surface area (Å²) in [4.78, 5) is 40.5. The zero-order valence-corrected chi connectivity index (χ0v) is 18.5. The lowest BCUT2D eigenvalue weighted by Gasteiger charge is -2.46. The van der Waals surface area contributed by atoms with E-state index in [1.807, 2.05) is 13.8 Å². The lowest BCUT2D eigenvalue weighted by molar-refractivity contribution is -0.151. The van der Waals surface area contributed by atoms with Gasteiger partial charge in [0.15, 0.2) is 0 Å². The molecule has 9 nitrogen and oxygen atoms in total. The maximum Gasteiger partial charge on any atom is 0.475 e. The number of rotatable bonds is 8. The van der Waals surface area contributed by atoms with Gasteiger partial charge in [0.2, 0.25) is 11.8 Å². The van der Waals surface area contributed by atoms with Gasteiger partial charge in [-0.3, -0.25) is 9.59 Å². The maximum atomic E-state index is 13.7. The van der Waals surface area contributed by atoms with E-state index in [-0.39, 0.29) is 11.8 Å². The van der Waals surface area contributed by atoms with Crippen LogP contribution in [-0.2, 0) is 14.3 Å². The van der Waals surface area contributed by atoms with Crippen LogP contribution in [0.2, 0.25) is 0 Å². The van der Waals surface area contributed by atoms with Gasteiger partial charge < -0.3 is 30.3 Å². The first-order chi connectivity index (χ1) is 14.7. The highest BCUT2D eigenvalue weighted by Crippen LogP contribution is 2.35. The second-order valence-corrected chi connectivity index (χ2v) is 8.09. The molecule has 1 aromatic carbocycles. The molecule has 3 unspecified atom stereocenters. The topological polar surface area (TPSA) is 128 Å². The van der Waals surface area contributed by atoms with Crippen molar-refractivity contribution in [2.75, 3.05) is 13.7 Å². The molecule has 0 saturated carbocycles. The highest BCUT2D eigenvalue weighted by atomic mass is 16.5. The minimum Gasteiger partial charge on any atom is -0.453 e. The lowest BCUT2D eigenvalue weighted by Crippen LogP contribution is -2.66. The molecule has 10 heteroatoms. The molecule has 3 atom stereocenters. The molecule has 0 bridgehead atoms. The predicted octanol–water partition coefficient (Wildman–Crippen LogP) is 1.01. The lowest BCUT2D eigenvalue weighted by atomic mass is 9.76. The van der Waals surface area contributed by atoms with Crippen molar-refractivity contribution in [1.29, 1.82) is 0 Å². The fourth-order valence-corrected chi connectivity index (χ4v) is 4.03. The average molecular weight is 433 g/mol. The molecule has 1 aromatic rings. The standard InChI is InChI=1S/C21H32BN3O6/c1-5-16(22(29)30)23-18(26)17(15-10-7-6-8-11-15)25-13-9-12-21(14(2)3,19(25)27)24-20(28)31-4/h6-8,10-11,14,16-17,29-30H,5,9,12-13H2,1-4H3,(H,23,26)(H,24,28). The first-order valence-electron chi connectivity index (χ1n) is 10.6. The van der Waals surface area contributed by atoms with Crippen LogP contribution >= 0.6 is 0 Å². The van der Waals surface area contributed by atoms with Crippen molar-refractivity contribution in [2.24, 2.45) is 5.92 Å². The van der Waals surface area contributed by atoms with Gasteiger partial charge in [-0.25, -0.2) is 4.79 Å². The Morgan fingerprint density at radius 3 is 2.42 bits per heavy atom. The van der Waals surface area contributed by atoms with Crippen LogP contribution in [0.15, 0.2) is 30.3 Å². The van der Waals surface area contributed by atoms with Gasteiger partial charge in [-0.05, 0) is 30.7 Å². The van der Waals surface area contributed by atoms with Gasteiger partial charge in [0, 0.05) is 6.54 Å². The van der Waals surface area contributed by atoms with E-state index in [0.29, 0.717) is 31.4 Å². The smallest absolute Gasteiger partial charge is 0.453 e. The summed E-state index contributed by atoms with van der Waals surface area (Å²) in [7, 11) is -0.488. The first-order valence-corrected chi connectivity index (χ1v) is 10.6. The number of carbonyl (C=O) groups is 3. The first kappa shape index (κ1) is 24.7. The van der Waals surface area contributed by atoms with Crippen LogP contribution in [0.1, 0.15) is 51.6 Å². The van der Waals surface area contributed by atoms with Crippen molar-refractivity contribution < 1.29 is 29.2 Å². The van der Waals surface area contributed by atoms with E-state index < -0.39 is 36.6 Å². The van der Waals surface area contributed by atoms with Gasteiger partial charge >= 0.3 is 13.2 Å². The summed E-state index contributed by atoms with van der Waals surface area (Å²) in [6.07, 6.45) is 0.591. The summed E-state index contributed by atoms with van der Waals surface area (Å²) in [6.45, 7) is 5.72. The second kappa shape index (κ2) is 10.6. The minimum absolute atomic E-state index is 0.246. The van der Waals surface area contributed by atoms with E-state index >= 15 is 0 Å². The molecule has 1 saturated heterocycles. The van der Waals surface area contributed by atoms with Crippen LogP contribution in [0.5, 0.6) is 0 Å². The van der Waals surface area contributed by atoms with Crippen LogP contribution in [-0.4, -0.2) is 65.1 Å². The minimum atomic E-state index is -1.72. The van der Waals surface area contributed by atoms with Crippen molar-refractivity contribution in [1.82, 2.24) is 15.5 Å². The number of ether oxygens (including phenoxy) is 1. The Morgan fingerprint density at radius 1 is 1.26 bits per heavy atom. The number of likely N-dealkylation sites (tertiary alicyclic amines) is 1. The Hall–Kier alpha value is -2.59. The van der Waals surface area contributed by atoms with Crippen LogP contribution in [0.4, 0.5) is 4.79 Å². The monoisotopic (exact) mass is 433 g/mol. The number of amides is 3. The molecule has 1 heterocycles. The van der Waals surface area contributed by atoms with E-state index in [4.69, 9.17) is 4.74 Å². The van der Waals surface area contributed by atoms with Crippen molar-refractivity contribution in [3.05, 3.63) is 35.9 Å². The Kier molecular flexibility index (Phi) is 8.47. The zero-order chi connectivity index (χ0) is 23.2. The number of carbonyl (C=O) groups excluding carboxylic acids is 3. The highest BCUT2D eigenvalue weighted by molar-refractivity contribution is 6.43. The Balaban J connectivity index is 2.46. The van der Waals surface area contributed by atoms with Gasteiger partial charge in [-0.15, -0.1) is 0 Å². The average Bonchev–Trinajstić information content (AvgIpc) is 2.75. The molecule has 3 amide bonds. The van der Waals surface area contributed by atoms with E-state index in [0.717, 1.165) is 0 Å². The van der Waals surface area contributed by atoms with E-state index in [1.54, 1.807) is 37.3 Å². The third-order valence-corrected chi connectivity index (χ3v) is 5.91. The Morgan fingerprint density at radius 2 is 1.90 bits per heavy atom. The third kappa shape index (κ3) is 5.37. The summed E-state index contributed by atoms with van der Waals surface area (Å²) in [6, 6.07) is 7.84. The number of hydrogen-bond donors (Lipinski definition) is 4. The van der Waals surface area contributed by atoms with Crippen LogP contribution in [0.3, 0.4) is 0 Å². The number of benzene rings is 1. The molecule has 2 rings (SSSR count). The maximum absolute atomic E-state index is 13.7.